The van der Waals surface area contributed by atoms with Crippen LogP contribution in [0.2, 0.25) is 0 Å². The van der Waals surface area contributed by atoms with Gasteiger partial charge in [-0.1, -0.05) is 6.07 Å². The van der Waals surface area contributed by atoms with Crippen molar-refractivity contribution in [2.24, 2.45) is 0 Å². The lowest BCUT2D eigenvalue weighted by Crippen LogP contribution is -2.20. The Morgan fingerprint density at radius 1 is 1.19 bits per heavy atom. The standard InChI is InChI=1S/C13H11BrN4O3/c1-8(19)21-11-4-2-3-10(5-11)17-13(20)18-12-15-6-9(14)7-16-12/h2-7H,1H3,(H2,15,16,17,18,20). The first-order valence-corrected chi connectivity index (χ1v) is 6.66. The zero-order chi connectivity index (χ0) is 15.2. The number of aromatic nitrogens is 2. The fraction of sp³-hybridized carbons (Fsp3) is 0.0769. The average Bonchev–Trinajstić information content (AvgIpc) is 2.41. The molecule has 1 aromatic carbocycles. The molecule has 0 bridgehead atoms. The fourth-order valence-electron chi connectivity index (χ4n) is 1.44. The zero-order valence-electron chi connectivity index (χ0n) is 11.0. The highest BCUT2D eigenvalue weighted by Crippen LogP contribution is 2.17. The molecule has 0 saturated carbocycles. The number of halogens is 1. The second-order valence-electron chi connectivity index (χ2n) is 3.93. The Kier molecular flexibility index (Phi) is 4.83. The first kappa shape index (κ1) is 14.9. The normalized spacial score (nSPS) is 9.81. The maximum Gasteiger partial charge on any atom is 0.326 e. The van der Waals surface area contributed by atoms with Crippen molar-refractivity contribution in [2.45, 2.75) is 6.92 Å². The van der Waals surface area contributed by atoms with Gasteiger partial charge in [0.05, 0.1) is 4.47 Å². The van der Waals surface area contributed by atoms with Crippen LogP contribution >= 0.6 is 15.9 Å². The number of esters is 1. The quantitative estimate of drug-likeness (QED) is 0.655. The minimum Gasteiger partial charge on any atom is -0.427 e. The first-order chi connectivity index (χ1) is 10.0. The molecule has 2 rings (SSSR count). The largest absolute Gasteiger partial charge is 0.427 e. The Morgan fingerprint density at radius 3 is 2.57 bits per heavy atom. The van der Waals surface area contributed by atoms with Gasteiger partial charge < -0.3 is 10.1 Å². The molecule has 0 unspecified atom stereocenters. The number of hydrogen-bond acceptors (Lipinski definition) is 5. The number of nitrogens with zero attached hydrogens (tertiary/aromatic N) is 2. The average molecular weight is 351 g/mol. The molecular weight excluding hydrogens is 340 g/mol. The first-order valence-electron chi connectivity index (χ1n) is 5.87. The Bertz CT molecular complexity index is 661. The van der Waals surface area contributed by atoms with Gasteiger partial charge in [-0.2, -0.15) is 0 Å². The van der Waals surface area contributed by atoms with E-state index < -0.39 is 12.0 Å². The molecule has 8 heteroatoms. The Morgan fingerprint density at radius 2 is 1.90 bits per heavy atom. The predicted octanol–water partition coefficient (Wildman–Crippen LogP) is 2.81. The fourth-order valence-corrected chi connectivity index (χ4v) is 1.65. The minimum absolute atomic E-state index is 0.173. The molecule has 0 spiro atoms. The summed E-state index contributed by atoms with van der Waals surface area (Å²) in [5.41, 5.74) is 0.475. The number of carbonyl (C=O) groups excluding carboxylic acids is 2. The summed E-state index contributed by atoms with van der Waals surface area (Å²) in [5.74, 6) is 0.0897. The third-order valence-corrected chi connectivity index (χ3v) is 2.61. The van der Waals surface area contributed by atoms with E-state index in [9.17, 15) is 9.59 Å². The molecule has 2 aromatic rings. The van der Waals surface area contributed by atoms with Crippen LogP contribution in [-0.4, -0.2) is 22.0 Å². The lowest BCUT2D eigenvalue weighted by molar-refractivity contribution is -0.131. The number of benzene rings is 1. The summed E-state index contributed by atoms with van der Waals surface area (Å²) in [5, 5.41) is 5.06. The van der Waals surface area contributed by atoms with Crippen molar-refractivity contribution in [3.05, 3.63) is 41.1 Å². The molecule has 7 nitrogen and oxygen atoms in total. The third-order valence-electron chi connectivity index (χ3n) is 2.20. The molecule has 0 fully saturated rings. The molecular formula is C13H11BrN4O3. The summed E-state index contributed by atoms with van der Waals surface area (Å²) >= 11 is 3.20. The smallest absolute Gasteiger partial charge is 0.326 e. The van der Waals surface area contributed by atoms with Crippen LogP contribution in [0, 0.1) is 0 Å². The van der Waals surface area contributed by atoms with E-state index >= 15 is 0 Å². The topological polar surface area (TPSA) is 93.2 Å². The second kappa shape index (κ2) is 6.80. The number of rotatable bonds is 3. The molecule has 0 aliphatic rings. The highest BCUT2D eigenvalue weighted by atomic mass is 79.9. The van der Waals surface area contributed by atoms with E-state index in [1.54, 1.807) is 18.2 Å². The molecule has 21 heavy (non-hydrogen) atoms. The number of carbonyl (C=O) groups is 2. The van der Waals surface area contributed by atoms with Crippen molar-refractivity contribution >= 4 is 39.6 Å². The highest BCUT2D eigenvalue weighted by Gasteiger charge is 2.06. The molecule has 0 saturated heterocycles. The van der Waals surface area contributed by atoms with Crippen LogP contribution < -0.4 is 15.4 Å². The van der Waals surface area contributed by atoms with Crippen molar-refractivity contribution < 1.29 is 14.3 Å². The number of anilines is 2. The molecule has 2 N–H and O–H groups in total. The van der Waals surface area contributed by atoms with E-state index in [4.69, 9.17) is 4.74 Å². The summed E-state index contributed by atoms with van der Waals surface area (Å²) in [6, 6.07) is 5.96. The van der Waals surface area contributed by atoms with Crippen molar-refractivity contribution in [1.29, 1.82) is 0 Å². The summed E-state index contributed by atoms with van der Waals surface area (Å²) in [7, 11) is 0. The van der Waals surface area contributed by atoms with Crippen LogP contribution in [0.1, 0.15) is 6.92 Å². The minimum atomic E-state index is -0.503. The Labute approximate surface area is 128 Å². The molecule has 2 amide bonds. The van der Waals surface area contributed by atoms with Gasteiger partial charge in [-0.05, 0) is 28.1 Å². The lowest BCUT2D eigenvalue weighted by Gasteiger charge is -2.07. The van der Waals surface area contributed by atoms with E-state index in [1.165, 1.54) is 25.4 Å². The Balaban J connectivity index is 1.99. The summed E-state index contributed by atoms with van der Waals surface area (Å²) in [4.78, 5) is 30.5. The van der Waals surface area contributed by atoms with Crippen molar-refractivity contribution in [2.75, 3.05) is 10.6 Å². The van der Waals surface area contributed by atoms with Crippen LogP contribution in [0.5, 0.6) is 5.75 Å². The molecule has 0 aliphatic heterocycles. The highest BCUT2D eigenvalue weighted by molar-refractivity contribution is 9.10. The van der Waals surface area contributed by atoms with Crippen molar-refractivity contribution in [3.8, 4) is 5.75 Å². The van der Waals surface area contributed by atoms with Gasteiger partial charge in [-0.3, -0.25) is 10.1 Å². The van der Waals surface area contributed by atoms with Crippen LogP contribution in [0.25, 0.3) is 0 Å². The van der Waals surface area contributed by atoms with E-state index in [2.05, 4.69) is 36.5 Å². The van der Waals surface area contributed by atoms with Gasteiger partial charge in [0.15, 0.2) is 0 Å². The monoisotopic (exact) mass is 350 g/mol. The van der Waals surface area contributed by atoms with E-state index in [1.807, 2.05) is 0 Å². The van der Waals surface area contributed by atoms with E-state index in [0.717, 1.165) is 0 Å². The van der Waals surface area contributed by atoms with Crippen LogP contribution in [0.4, 0.5) is 16.4 Å². The van der Waals surface area contributed by atoms with Gasteiger partial charge >= 0.3 is 12.0 Å². The molecule has 1 aromatic heterocycles. The van der Waals surface area contributed by atoms with Gasteiger partial charge in [0.25, 0.3) is 0 Å². The van der Waals surface area contributed by atoms with Crippen molar-refractivity contribution in [3.63, 3.8) is 0 Å². The van der Waals surface area contributed by atoms with Gasteiger partial charge in [0.2, 0.25) is 5.95 Å². The molecule has 0 atom stereocenters. The van der Waals surface area contributed by atoms with Gasteiger partial charge in [-0.25, -0.2) is 14.8 Å². The molecule has 108 valence electrons. The molecule has 0 aliphatic carbocycles. The number of nitrogens with one attached hydrogen (secondary N) is 2. The number of ether oxygens (including phenoxy) is 1. The van der Waals surface area contributed by atoms with E-state index in [0.29, 0.717) is 15.9 Å². The summed E-state index contributed by atoms with van der Waals surface area (Å²) < 4.78 is 5.64. The summed E-state index contributed by atoms with van der Waals surface area (Å²) in [6.45, 7) is 1.30. The number of amides is 2. The predicted molar refractivity (Wildman–Crippen MR) is 80.1 cm³/mol. The zero-order valence-corrected chi connectivity index (χ0v) is 12.5. The molecule has 0 radical (unpaired) electrons. The van der Waals surface area contributed by atoms with Gasteiger partial charge in [0.1, 0.15) is 5.75 Å². The lowest BCUT2D eigenvalue weighted by atomic mass is 10.3. The Hall–Kier alpha value is -2.48. The molecule has 1 heterocycles. The second-order valence-corrected chi connectivity index (χ2v) is 4.84. The van der Waals surface area contributed by atoms with Crippen LogP contribution in [0.15, 0.2) is 41.1 Å². The summed E-state index contributed by atoms with van der Waals surface area (Å²) in [6.07, 6.45) is 3.04. The number of urea groups is 1. The SMILES string of the molecule is CC(=O)Oc1cccc(NC(=O)Nc2ncc(Br)cn2)c1. The maximum atomic E-state index is 11.8. The third kappa shape index (κ3) is 4.84. The van der Waals surface area contributed by atoms with E-state index in [-0.39, 0.29) is 5.95 Å². The van der Waals surface area contributed by atoms with Crippen LogP contribution in [0.3, 0.4) is 0 Å². The van der Waals surface area contributed by atoms with Crippen molar-refractivity contribution in [1.82, 2.24) is 9.97 Å². The number of hydrogen-bond donors (Lipinski definition) is 2. The van der Waals surface area contributed by atoms with Crippen LogP contribution in [-0.2, 0) is 4.79 Å². The van der Waals surface area contributed by atoms with Gasteiger partial charge in [0, 0.05) is 31.1 Å². The van der Waals surface area contributed by atoms with Gasteiger partial charge in [-0.15, -0.1) is 0 Å². The maximum absolute atomic E-state index is 11.8.